The molecule has 0 aliphatic heterocycles. The molecule has 2 amide bonds. The minimum absolute atomic E-state index is 0.0581. The molecule has 5 heteroatoms. The molecule has 0 bridgehead atoms. The van der Waals surface area contributed by atoms with Gasteiger partial charge in [0.2, 0.25) is 0 Å². The van der Waals surface area contributed by atoms with Crippen LogP contribution in [0, 0.1) is 0 Å². The highest BCUT2D eigenvalue weighted by Gasteiger charge is 2.01. The van der Waals surface area contributed by atoms with Crippen LogP contribution in [0.4, 0.5) is 4.79 Å². The zero-order valence-electron chi connectivity index (χ0n) is 10.2. The Hall–Kier alpha value is -2.04. The van der Waals surface area contributed by atoms with E-state index in [0.29, 0.717) is 6.54 Å². The molecule has 0 aliphatic rings. The third kappa shape index (κ3) is 6.52. The van der Waals surface area contributed by atoms with Gasteiger partial charge in [-0.2, -0.15) is 0 Å². The van der Waals surface area contributed by atoms with Gasteiger partial charge in [0.1, 0.15) is 0 Å². The molecule has 0 unspecified atom stereocenters. The summed E-state index contributed by atoms with van der Waals surface area (Å²) in [6, 6.07) is 9.73. The predicted molar refractivity (Wildman–Crippen MR) is 68.4 cm³/mol. The maximum Gasteiger partial charge on any atom is 0.314 e. The molecule has 0 aromatic heterocycles. The smallest absolute Gasteiger partial charge is 0.314 e. The minimum atomic E-state index is -0.917. The molecule has 1 aromatic carbocycles. The molecule has 5 nitrogen and oxygen atoms in total. The van der Waals surface area contributed by atoms with E-state index in [9.17, 15) is 9.59 Å². The van der Waals surface area contributed by atoms with E-state index >= 15 is 0 Å². The molecule has 98 valence electrons. The second kappa shape index (κ2) is 8.11. The van der Waals surface area contributed by atoms with Gasteiger partial charge in [-0.1, -0.05) is 30.3 Å². The number of carbonyl (C=O) groups is 2. The van der Waals surface area contributed by atoms with Gasteiger partial charge < -0.3 is 15.7 Å². The van der Waals surface area contributed by atoms with Gasteiger partial charge in [-0.3, -0.25) is 4.79 Å². The molecule has 18 heavy (non-hydrogen) atoms. The Balaban J connectivity index is 2.04. The molecule has 0 heterocycles. The summed E-state index contributed by atoms with van der Waals surface area (Å²) < 4.78 is 0. The number of benzene rings is 1. The Labute approximate surface area is 106 Å². The summed E-state index contributed by atoms with van der Waals surface area (Å²) in [5, 5.41) is 13.6. The first-order chi connectivity index (χ1) is 8.68. The van der Waals surface area contributed by atoms with Gasteiger partial charge in [0.15, 0.2) is 0 Å². The average molecular weight is 250 g/mol. The summed E-state index contributed by atoms with van der Waals surface area (Å²) in [5.41, 5.74) is 1.24. The normalized spacial score (nSPS) is 9.78. The third-order valence-electron chi connectivity index (χ3n) is 2.40. The van der Waals surface area contributed by atoms with Crippen molar-refractivity contribution in [2.45, 2.75) is 19.3 Å². The number of carboxylic acids is 1. The fourth-order valence-electron chi connectivity index (χ4n) is 1.48. The zero-order chi connectivity index (χ0) is 13.2. The van der Waals surface area contributed by atoms with Crippen molar-refractivity contribution in [1.29, 1.82) is 0 Å². The highest BCUT2D eigenvalue weighted by atomic mass is 16.4. The van der Waals surface area contributed by atoms with Gasteiger partial charge in [-0.25, -0.2) is 4.79 Å². The van der Waals surface area contributed by atoms with Gasteiger partial charge in [-0.05, 0) is 18.4 Å². The van der Waals surface area contributed by atoms with E-state index < -0.39 is 5.97 Å². The molecule has 0 fully saturated rings. The van der Waals surface area contributed by atoms with E-state index in [-0.39, 0.29) is 19.0 Å². The highest BCUT2D eigenvalue weighted by Crippen LogP contribution is 2.01. The molecule has 1 aromatic rings. The molecule has 0 radical (unpaired) electrons. The van der Waals surface area contributed by atoms with Crippen molar-refractivity contribution in [1.82, 2.24) is 10.6 Å². The van der Waals surface area contributed by atoms with Crippen molar-refractivity contribution < 1.29 is 14.7 Å². The topological polar surface area (TPSA) is 78.4 Å². The fraction of sp³-hybridized carbons (Fsp3) is 0.385. The van der Waals surface area contributed by atoms with E-state index in [2.05, 4.69) is 10.6 Å². The van der Waals surface area contributed by atoms with E-state index in [1.54, 1.807) is 0 Å². The second-order valence-electron chi connectivity index (χ2n) is 3.92. The number of amides is 2. The van der Waals surface area contributed by atoms with E-state index in [1.165, 1.54) is 5.56 Å². The number of urea groups is 1. The second-order valence-corrected chi connectivity index (χ2v) is 3.92. The van der Waals surface area contributed by atoms with Crippen molar-refractivity contribution in [3.63, 3.8) is 0 Å². The Morgan fingerprint density at radius 2 is 1.72 bits per heavy atom. The first-order valence-electron chi connectivity index (χ1n) is 5.96. The number of hydrogen-bond donors (Lipinski definition) is 3. The molecular formula is C13H18N2O3. The minimum Gasteiger partial charge on any atom is -0.481 e. The number of rotatable bonds is 7. The van der Waals surface area contributed by atoms with Gasteiger partial charge in [-0.15, -0.1) is 0 Å². The average Bonchev–Trinajstić information content (AvgIpc) is 2.35. The molecule has 0 atom stereocenters. The van der Waals surface area contributed by atoms with Crippen LogP contribution >= 0.6 is 0 Å². The summed E-state index contributed by atoms with van der Waals surface area (Å²) in [5.74, 6) is -0.917. The van der Waals surface area contributed by atoms with Crippen LogP contribution in [-0.2, 0) is 11.2 Å². The van der Waals surface area contributed by atoms with Crippen LogP contribution in [0.1, 0.15) is 18.4 Å². The summed E-state index contributed by atoms with van der Waals surface area (Å²) in [6.07, 6.45) is 1.71. The Bertz CT molecular complexity index is 379. The van der Waals surface area contributed by atoms with Crippen LogP contribution in [0.2, 0.25) is 0 Å². The Morgan fingerprint density at radius 3 is 2.39 bits per heavy atom. The van der Waals surface area contributed by atoms with Crippen molar-refractivity contribution in [2.24, 2.45) is 0 Å². The number of carboxylic acid groups (broad SMARTS) is 1. The molecule has 0 saturated carbocycles. The molecule has 3 N–H and O–H groups in total. The first kappa shape index (κ1) is 14.0. The summed E-state index contributed by atoms with van der Waals surface area (Å²) in [7, 11) is 0. The highest BCUT2D eigenvalue weighted by molar-refractivity contribution is 5.74. The summed E-state index contributed by atoms with van der Waals surface area (Å²) in [6.45, 7) is 0.730. The first-order valence-corrected chi connectivity index (χ1v) is 5.96. The number of aliphatic carboxylic acids is 1. The van der Waals surface area contributed by atoms with Crippen LogP contribution in [0.15, 0.2) is 30.3 Å². The molecule has 0 saturated heterocycles. The number of carbonyl (C=O) groups excluding carboxylic acids is 1. The van der Waals surface area contributed by atoms with Crippen LogP contribution in [0.3, 0.4) is 0 Å². The zero-order valence-corrected chi connectivity index (χ0v) is 10.2. The van der Waals surface area contributed by atoms with E-state index in [0.717, 1.165) is 12.8 Å². The van der Waals surface area contributed by atoms with Gasteiger partial charge >= 0.3 is 12.0 Å². The van der Waals surface area contributed by atoms with Crippen LogP contribution in [0.25, 0.3) is 0 Å². The SMILES string of the molecule is O=C(O)CCNC(=O)NCCCc1ccccc1. The number of nitrogens with one attached hydrogen (secondary N) is 2. The lowest BCUT2D eigenvalue weighted by atomic mass is 10.1. The predicted octanol–water partition coefficient (Wildman–Crippen LogP) is 1.39. The largest absolute Gasteiger partial charge is 0.481 e. The molecule has 0 aliphatic carbocycles. The summed E-state index contributed by atoms with van der Waals surface area (Å²) in [4.78, 5) is 21.4. The Kier molecular flexibility index (Phi) is 6.32. The molecular weight excluding hydrogens is 232 g/mol. The number of hydrogen-bond acceptors (Lipinski definition) is 2. The standard InChI is InChI=1S/C13H18N2O3/c16-12(17)8-10-15-13(18)14-9-4-7-11-5-2-1-3-6-11/h1-3,5-6H,4,7-10H2,(H,16,17)(H2,14,15,18). The van der Waals surface area contributed by atoms with E-state index in [4.69, 9.17) is 5.11 Å². The van der Waals surface area contributed by atoms with Crippen molar-refractivity contribution in [3.8, 4) is 0 Å². The number of aryl methyl sites for hydroxylation is 1. The molecule has 1 rings (SSSR count). The van der Waals surface area contributed by atoms with Gasteiger partial charge in [0.05, 0.1) is 6.42 Å². The Morgan fingerprint density at radius 1 is 1.06 bits per heavy atom. The van der Waals surface area contributed by atoms with Crippen LogP contribution in [0.5, 0.6) is 0 Å². The van der Waals surface area contributed by atoms with Gasteiger partial charge in [0.25, 0.3) is 0 Å². The lowest BCUT2D eigenvalue weighted by Gasteiger charge is -2.06. The van der Waals surface area contributed by atoms with Crippen molar-refractivity contribution >= 4 is 12.0 Å². The van der Waals surface area contributed by atoms with E-state index in [1.807, 2.05) is 30.3 Å². The lowest BCUT2D eigenvalue weighted by molar-refractivity contribution is -0.136. The maximum absolute atomic E-state index is 11.2. The lowest BCUT2D eigenvalue weighted by Crippen LogP contribution is -2.37. The maximum atomic E-state index is 11.2. The molecule has 0 spiro atoms. The monoisotopic (exact) mass is 250 g/mol. The van der Waals surface area contributed by atoms with Crippen LogP contribution < -0.4 is 10.6 Å². The summed E-state index contributed by atoms with van der Waals surface area (Å²) >= 11 is 0. The van der Waals surface area contributed by atoms with Crippen molar-refractivity contribution in [2.75, 3.05) is 13.1 Å². The quantitative estimate of drug-likeness (QED) is 0.640. The van der Waals surface area contributed by atoms with Crippen LogP contribution in [-0.4, -0.2) is 30.2 Å². The fourth-order valence-corrected chi connectivity index (χ4v) is 1.48. The third-order valence-corrected chi connectivity index (χ3v) is 2.40. The van der Waals surface area contributed by atoms with Crippen molar-refractivity contribution in [3.05, 3.63) is 35.9 Å². The van der Waals surface area contributed by atoms with Gasteiger partial charge in [0, 0.05) is 13.1 Å².